The summed E-state index contributed by atoms with van der Waals surface area (Å²) < 4.78 is 29.6. The quantitative estimate of drug-likeness (QED) is 0.512. The number of hydrogen-bond donors (Lipinski definition) is 1. The van der Waals surface area contributed by atoms with Gasteiger partial charge in [0.2, 0.25) is 0 Å². The van der Waals surface area contributed by atoms with Crippen molar-refractivity contribution in [3.63, 3.8) is 0 Å². The van der Waals surface area contributed by atoms with Crippen molar-refractivity contribution in [1.82, 2.24) is 4.90 Å². The van der Waals surface area contributed by atoms with Crippen molar-refractivity contribution < 1.29 is 28.5 Å². The van der Waals surface area contributed by atoms with Crippen LogP contribution in [0.5, 0.6) is 17.2 Å². The normalized spacial score (nSPS) is 15.6. The van der Waals surface area contributed by atoms with Crippen LogP contribution in [0.2, 0.25) is 0 Å². The molecule has 7 heteroatoms. The Morgan fingerprint density at radius 2 is 1.56 bits per heavy atom. The molecule has 3 aromatic rings. The minimum Gasteiger partial charge on any atom is -0.503 e. The van der Waals surface area contributed by atoms with Gasteiger partial charge in [-0.25, -0.2) is 4.39 Å². The van der Waals surface area contributed by atoms with Crippen LogP contribution in [0, 0.1) is 5.82 Å². The van der Waals surface area contributed by atoms with Crippen LogP contribution in [0.15, 0.2) is 72.5 Å². The molecule has 1 unspecified atom stereocenters. The highest BCUT2D eigenvalue weighted by molar-refractivity contribution is 6.05. The number of rotatable bonds is 8. The van der Waals surface area contributed by atoms with Crippen molar-refractivity contribution in [2.75, 3.05) is 27.9 Å². The summed E-state index contributed by atoms with van der Waals surface area (Å²) in [5.74, 6) is 0.727. The van der Waals surface area contributed by atoms with Crippen LogP contribution >= 0.6 is 0 Å². The van der Waals surface area contributed by atoms with Gasteiger partial charge in [0.15, 0.2) is 17.3 Å². The zero-order chi connectivity index (χ0) is 24.2. The van der Waals surface area contributed by atoms with Crippen LogP contribution < -0.4 is 14.2 Å². The topological polar surface area (TPSA) is 68.2 Å². The molecule has 6 nitrogen and oxygen atoms in total. The lowest BCUT2D eigenvalue weighted by atomic mass is 9.93. The van der Waals surface area contributed by atoms with E-state index in [1.807, 2.05) is 18.2 Å². The Hall–Kier alpha value is -4.00. The van der Waals surface area contributed by atoms with Crippen molar-refractivity contribution in [1.29, 1.82) is 0 Å². The molecule has 0 fully saturated rings. The van der Waals surface area contributed by atoms with E-state index < -0.39 is 11.9 Å². The fraction of sp³-hybridized carbons (Fsp3) is 0.222. The maximum Gasteiger partial charge on any atom is 0.289 e. The minimum atomic E-state index is -0.568. The van der Waals surface area contributed by atoms with Gasteiger partial charge in [0.25, 0.3) is 5.91 Å². The zero-order valence-corrected chi connectivity index (χ0v) is 19.2. The number of nitrogens with zero attached hydrogens (tertiary/aromatic N) is 1. The second-order valence-corrected chi connectivity index (χ2v) is 7.88. The number of carbonyl (C=O) groups is 1. The van der Waals surface area contributed by atoms with Gasteiger partial charge >= 0.3 is 0 Å². The molecule has 1 aliphatic rings. The zero-order valence-electron chi connectivity index (χ0n) is 19.2. The average Bonchev–Trinajstić information content (AvgIpc) is 3.12. The summed E-state index contributed by atoms with van der Waals surface area (Å²) in [5.41, 5.74) is 2.82. The molecule has 0 spiro atoms. The summed E-state index contributed by atoms with van der Waals surface area (Å²) >= 11 is 0. The smallest absolute Gasteiger partial charge is 0.289 e. The highest BCUT2D eigenvalue weighted by atomic mass is 19.1. The number of aliphatic hydroxyl groups excluding tert-OH is 1. The lowest BCUT2D eigenvalue weighted by Gasteiger charge is -2.27. The molecule has 1 N–H and O–H groups in total. The number of halogens is 1. The van der Waals surface area contributed by atoms with Gasteiger partial charge in [-0.2, -0.15) is 0 Å². The first-order valence-corrected chi connectivity index (χ1v) is 10.8. The number of aliphatic hydroxyl groups is 1. The predicted octanol–water partition coefficient (Wildman–Crippen LogP) is 4.95. The van der Waals surface area contributed by atoms with Crippen LogP contribution in [0.3, 0.4) is 0 Å². The van der Waals surface area contributed by atoms with Gasteiger partial charge in [-0.3, -0.25) is 4.79 Å². The Morgan fingerprint density at radius 1 is 0.882 bits per heavy atom. The summed E-state index contributed by atoms with van der Waals surface area (Å²) in [6, 6.07) is 18.1. The maximum absolute atomic E-state index is 13.7. The molecule has 0 bridgehead atoms. The van der Waals surface area contributed by atoms with Gasteiger partial charge in [-0.1, -0.05) is 30.3 Å². The highest BCUT2D eigenvalue weighted by Crippen LogP contribution is 2.43. The summed E-state index contributed by atoms with van der Waals surface area (Å²) in [6.45, 7) is 0.333. The van der Waals surface area contributed by atoms with E-state index in [9.17, 15) is 14.3 Å². The van der Waals surface area contributed by atoms with Crippen LogP contribution in [-0.2, 0) is 11.2 Å². The van der Waals surface area contributed by atoms with Crippen LogP contribution in [-0.4, -0.2) is 43.8 Å². The third-order valence-electron chi connectivity index (χ3n) is 5.98. The Morgan fingerprint density at radius 3 is 2.18 bits per heavy atom. The maximum atomic E-state index is 13.7. The Labute approximate surface area is 197 Å². The number of benzene rings is 3. The summed E-state index contributed by atoms with van der Waals surface area (Å²) in [7, 11) is 4.71. The summed E-state index contributed by atoms with van der Waals surface area (Å²) in [4.78, 5) is 14.8. The standard InChI is InChI=1S/C27H26FNO5/c1-32-21-11-7-18(8-12-21)24-25(19-5-9-20(28)10-6-19)29(27(31)26(24)30)15-14-17-4-13-22(33-2)23(16-17)34-3/h4-13,16,25,30H,14-15H2,1-3H3. The molecule has 0 aromatic heterocycles. The molecule has 4 rings (SSSR count). The molecule has 0 saturated carbocycles. The van der Waals surface area contributed by atoms with E-state index in [4.69, 9.17) is 14.2 Å². The van der Waals surface area contributed by atoms with Crippen LogP contribution in [0.1, 0.15) is 22.7 Å². The molecule has 1 heterocycles. The van der Waals surface area contributed by atoms with Gasteiger partial charge in [-0.15, -0.1) is 0 Å². The van der Waals surface area contributed by atoms with Crippen molar-refractivity contribution >= 4 is 11.5 Å². The third kappa shape index (κ3) is 4.41. The summed E-state index contributed by atoms with van der Waals surface area (Å²) in [5, 5.41) is 10.9. The number of carbonyl (C=O) groups excluding carboxylic acids is 1. The second kappa shape index (κ2) is 9.87. The Bertz CT molecular complexity index is 1200. The van der Waals surface area contributed by atoms with Crippen molar-refractivity contribution in [2.45, 2.75) is 12.5 Å². The van der Waals surface area contributed by atoms with Crippen molar-refractivity contribution in [3.8, 4) is 17.2 Å². The number of methoxy groups -OCH3 is 3. The first kappa shape index (κ1) is 23.2. The minimum absolute atomic E-state index is 0.313. The fourth-order valence-electron chi connectivity index (χ4n) is 4.23. The number of hydrogen-bond acceptors (Lipinski definition) is 5. The molecular weight excluding hydrogens is 437 g/mol. The molecule has 0 radical (unpaired) electrons. The Balaban J connectivity index is 1.68. The Kier molecular flexibility index (Phi) is 6.72. The monoisotopic (exact) mass is 463 g/mol. The first-order chi connectivity index (χ1) is 16.5. The highest BCUT2D eigenvalue weighted by Gasteiger charge is 2.40. The van der Waals surface area contributed by atoms with Gasteiger partial charge in [0.1, 0.15) is 11.6 Å². The number of amides is 1. The van der Waals surface area contributed by atoms with Crippen LogP contribution in [0.4, 0.5) is 4.39 Å². The molecule has 1 atom stereocenters. The van der Waals surface area contributed by atoms with E-state index >= 15 is 0 Å². The summed E-state index contributed by atoms with van der Waals surface area (Å²) in [6.07, 6.45) is 0.521. The fourth-order valence-corrected chi connectivity index (χ4v) is 4.23. The molecule has 0 aliphatic carbocycles. The van der Waals surface area contributed by atoms with Gasteiger partial charge in [0, 0.05) is 12.1 Å². The molecular formula is C27H26FNO5. The van der Waals surface area contributed by atoms with Gasteiger partial charge in [-0.05, 0) is 59.5 Å². The number of ether oxygens (including phenoxy) is 3. The lowest BCUT2D eigenvalue weighted by Crippen LogP contribution is -2.32. The third-order valence-corrected chi connectivity index (χ3v) is 5.98. The van der Waals surface area contributed by atoms with Gasteiger partial charge < -0.3 is 24.2 Å². The van der Waals surface area contributed by atoms with Crippen LogP contribution in [0.25, 0.3) is 5.57 Å². The van der Waals surface area contributed by atoms with E-state index in [0.717, 1.165) is 5.56 Å². The van der Waals surface area contributed by atoms with Gasteiger partial charge in [0.05, 0.1) is 27.4 Å². The van der Waals surface area contributed by atoms with E-state index in [-0.39, 0.29) is 11.6 Å². The molecule has 3 aromatic carbocycles. The van der Waals surface area contributed by atoms with E-state index in [0.29, 0.717) is 46.9 Å². The molecule has 1 amide bonds. The van der Waals surface area contributed by atoms with E-state index in [2.05, 4.69) is 0 Å². The van der Waals surface area contributed by atoms with Crippen molar-refractivity contribution in [2.24, 2.45) is 0 Å². The van der Waals surface area contributed by atoms with Crippen molar-refractivity contribution in [3.05, 3.63) is 95.0 Å². The molecule has 176 valence electrons. The molecule has 0 saturated heterocycles. The lowest BCUT2D eigenvalue weighted by molar-refractivity contribution is -0.129. The van der Waals surface area contributed by atoms with E-state index in [1.165, 1.54) is 12.1 Å². The van der Waals surface area contributed by atoms with E-state index in [1.54, 1.807) is 62.6 Å². The largest absolute Gasteiger partial charge is 0.503 e. The predicted molar refractivity (Wildman–Crippen MR) is 127 cm³/mol. The molecule has 34 heavy (non-hydrogen) atoms. The first-order valence-electron chi connectivity index (χ1n) is 10.8. The molecule has 1 aliphatic heterocycles. The SMILES string of the molecule is COc1ccc(C2=C(O)C(=O)N(CCc3ccc(OC)c(OC)c3)C2c2ccc(F)cc2)cc1. The average molecular weight is 464 g/mol. The second-order valence-electron chi connectivity index (χ2n) is 7.88.